The highest BCUT2D eigenvalue weighted by atomic mass is 16.4. The van der Waals surface area contributed by atoms with Crippen molar-refractivity contribution in [1.82, 2.24) is 0 Å². The SMILES string of the molecule is CCC(CN)CC(=O)Nc1cccc(/C=C/C(=O)O)c1. The van der Waals surface area contributed by atoms with Crippen LogP contribution in [-0.4, -0.2) is 23.5 Å². The average molecular weight is 276 g/mol. The minimum Gasteiger partial charge on any atom is -0.478 e. The lowest BCUT2D eigenvalue weighted by Crippen LogP contribution is -2.21. The third kappa shape index (κ3) is 5.67. The summed E-state index contributed by atoms with van der Waals surface area (Å²) in [5.41, 5.74) is 6.94. The molecular weight excluding hydrogens is 256 g/mol. The molecule has 1 unspecified atom stereocenters. The number of benzene rings is 1. The van der Waals surface area contributed by atoms with Gasteiger partial charge in [-0.3, -0.25) is 4.79 Å². The lowest BCUT2D eigenvalue weighted by atomic mass is 10.0. The lowest BCUT2D eigenvalue weighted by molar-refractivity contribution is -0.131. The Labute approximate surface area is 118 Å². The lowest BCUT2D eigenvalue weighted by Gasteiger charge is -2.12. The number of nitrogens with one attached hydrogen (secondary N) is 1. The molecule has 5 nitrogen and oxygen atoms in total. The third-order valence-corrected chi connectivity index (χ3v) is 2.97. The second-order valence-corrected chi connectivity index (χ2v) is 4.56. The van der Waals surface area contributed by atoms with Crippen molar-refractivity contribution >= 4 is 23.6 Å². The maximum absolute atomic E-state index is 11.8. The summed E-state index contributed by atoms with van der Waals surface area (Å²) in [6.45, 7) is 2.49. The summed E-state index contributed by atoms with van der Waals surface area (Å²) in [7, 11) is 0. The monoisotopic (exact) mass is 276 g/mol. The summed E-state index contributed by atoms with van der Waals surface area (Å²) in [6, 6.07) is 7.02. The van der Waals surface area contributed by atoms with E-state index in [1.54, 1.807) is 24.3 Å². The Morgan fingerprint density at radius 3 is 2.80 bits per heavy atom. The highest BCUT2D eigenvalue weighted by molar-refractivity contribution is 5.91. The zero-order chi connectivity index (χ0) is 15.0. The number of nitrogens with two attached hydrogens (primary N) is 1. The van der Waals surface area contributed by atoms with Gasteiger partial charge in [-0.15, -0.1) is 0 Å². The van der Waals surface area contributed by atoms with E-state index in [2.05, 4.69) is 5.32 Å². The fourth-order valence-corrected chi connectivity index (χ4v) is 1.76. The molecule has 0 aliphatic carbocycles. The minimum atomic E-state index is -1.01. The summed E-state index contributed by atoms with van der Waals surface area (Å²) in [5, 5.41) is 11.4. The number of rotatable bonds is 7. The number of hydrogen-bond donors (Lipinski definition) is 3. The molecule has 0 heterocycles. The first-order valence-electron chi connectivity index (χ1n) is 6.56. The van der Waals surface area contributed by atoms with Crippen LogP contribution in [0.25, 0.3) is 6.08 Å². The van der Waals surface area contributed by atoms with E-state index >= 15 is 0 Å². The maximum atomic E-state index is 11.8. The number of anilines is 1. The normalized spacial score (nSPS) is 12.3. The van der Waals surface area contributed by atoms with Crippen molar-refractivity contribution in [3.8, 4) is 0 Å². The van der Waals surface area contributed by atoms with Gasteiger partial charge in [-0.1, -0.05) is 25.5 Å². The van der Waals surface area contributed by atoms with Crippen LogP contribution in [0.5, 0.6) is 0 Å². The van der Waals surface area contributed by atoms with Gasteiger partial charge in [-0.05, 0) is 36.2 Å². The van der Waals surface area contributed by atoms with Crippen molar-refractivity contribution in [3.05, 3.63) is 35.9 Å². The van der Waals surface area contributed by atoms with Crippen molar-refractivity contribution in [2.24, 2.45) is 11.7 Å². The molecule has 5 heteroatoms. The Kier molecular flexibility index (Phi) is 6.46. The standard InChI is InChI=1S/C15H20N2O3/c1-2-11(10-16)9-14(18)17-13-5-3-4-12(8-13)6-7-15(19)20/h3-8,11H,2,9-10,16H2,1H3,(H,17,18)(H,19,20)/b7-6+. The second kappa shape index (κ2) is 8.12. The van der Waals surface area contributed by atoms with E-state index in [4.69, 9.17) is 10.8 Å². The second-order valence-electron chi connectivity index (χ2n) is 4.56. The molecule has 1 aromatic carbocycles. The Morgan fingerprint density at radius 1 is 1.45 bits per heavy atom. The molecule has 0 radical (unpaired) electrons. The molecule has 0 aliphatic heterocycles. The van der Waals surface area contributed by atoms with E-state index in [9.17, 15) is 9.59 Å². The van der Waals surface area contributed by atoms with Gasteiger partial charge in [0, 0.05) is 18.2 Å². The largest absolute Gasteiger partial charge is 0.478 e. The van der Waals surface area contributed by atoms with Gasteiger partial charge in [-0.2, -0.15) is 0 Å². The number of carboxylic acids is 1. The number of carboxylic acid groups (broad SMARTS) is 1. The molecule has 108 valence electrons. The highest BCUT2D eigenvalue weighted by Gasteiger charge is 2.10. The van der Waals surface area contributed by atoms with E-state index in [1.165, 1.54) is 6.08 Å². The fourth-order valence-electron chi connectivity index (χ4n) is 1.76. The van der Waals surface area contributed by atoms with Crippen molar-refractivity contribution in [2.45, 2.75) is 19.8 Å². The molecule has 1 amide bonds. The topological polar surface area (TPSA) is 92.4 Å². The maximum Gasteiger partial charge on any atom is 0.328 e. The molecule has 1 aromatic rings. The van der Waals surface area contributed by atoms with Crippen LogP contribution >= 0.6 is 0 Å². The van der Waals surface area contributed by atoms with Crippen LogP contribution in [0, 0.1) is 5.92 Å². The zero-order valence-electron chi connectivity index (χ0n) is 11.5. The number of carbonyl (C=O) groups excluding carboxylic acids is 1. The van der Waals surface area contributed by atoms with Crippen LogP contribution in [0.2, 0.25) is 0 Å². The molecule has 0 bridgehead atoms. The van der Waals surface area contributed by atoms with Gasteiger partial charge in [0.15, 0.2) is 0 Å². The Bertz CT molecular complexity index is 494. The summed E-state index contributed by atoms with van der Waals surface area (Å²) in [4.78, 5) is 22.3. The molecule has 0 fully saturated rings. The molecule has 0 spiro atoms. The first-order chi connectivity index (χ1) is 9.55. The summed E-state index contributed by atoms with van der Waals surface area (Å²) >= 11 is 0. The van der Waals surface area contributed by atoms with Gasteiger partial charge in [0.2, 0.25) is 5.91 Å². The molecule has 0 saturated heterocycles. The predicted octanol–water partition coefficient (Wildman–Crippen LogP) is 2.10. The van der Waals surface area contributed by atoms with E-state index in [1.807, 2.05) is 6.92 Å². The van der Waals surface area contributed by atoms with Gasteiger partial charge < -0.3 is 16.2 Å². The minimum absolute atomic E-state index is 0.0818. The summed E-state index contributed by atoms with van der Waals surface area (Å²) in [6.07, 6.45) is 3.79. The number of carbonyl (C=O) groups is 2. The van der Waals surface area contributed by atoms with Crippen LogP contribution in [0.15, 0.2) is 30.3 Å². The van der Waals surface area contributed by atoms with Crippen LogP contribution in [0.3, 0.4) is 0 Å². The van der Waals surface area contributed by atoms with Crippen molar-refractivity contribution in [1.29, 1.82) is 0 Å². The Balaban J connectivity index is 2.66. The average Bonchev–Trinajstić information content (AvgIpc) is 2.43. The first-order valence-corrected chi connectivity index (χ1v) is 6.56. The molecule has 1 rings (SSSR count). The molecular formula is C15H20N2O3. The molecule has 1 atom stereocenters. The van der Waals surface area contributed by atoms with E-state index in [0.29, 0.717) is 18.7 Å². The third-order valence-electron chi connectivity index (χ3n) is 2.97. The van der Waals surface area contributed by atoms with E-state index < -0.39 is 5.97 Å². The van der Waals surface area contributed by atoms with E-state index in [0.717, 1.165) is 18.1 Å². The quantitative estimate of drug-likeness (QED) is 0.665. The van der Waals surface area contributed by atoms with Crippen LogP contribution in [0.1, 0.15) is 25.3 Å². The number of aliphatic carboxylic acids is 1. The number of hydrogen-bond acceptors (Lipinski definition) is 3. The van der Waals surface area contributed by atoms with Crippen LogP contribution < -0.4 is 11.1 Å². The van der Waals surface area contributed by atoms with Crippen molar-refractivity contribution in [3.63, 3.8) is 0 Å². The van der Waals surface area contributed by atoms with E-state index in [-0.39, 0.29) is 11.8 Å². The molecule has 0 saturated carbocycles. The predicted molar refractivity (Wildman–Crippen MR) is 79.2 cm³/mol. The summed E-state index contributed by atoms with van der Waals surface area (Å²) < 4.78 is 0. The van der Waals surface area contributed by atoms with Crippen molar-refractivity contribution in [2.75, 3.05) is 11.9 Å². The van der Waals surface area contributed by atoms with Crippen LogP contribution in [0.4, 0.5) is 5.69 Å². The van der Waals surface area contributed by atoms with Gasteiger partial charge >= 0.3 is 5.97 Å². The van der Waals surface area contributed by atoms with Gasteiger partial charge in [0.25, 0.3) is 0 Å². The first kappa shape index (κ1) is 15.9. The fraction of sp³-hybridized carbons (Fsp3) is 0.333. The van der Waals surface area contributed by atoms with Gasteiger partial charge in [-0.25, -0.2) is 4.79 Å². The number of amides is 1. The summed E-state index contributed by atoms with van der Waals surface area (Å²) in [5.74, 6) is -0.903. The van der Waals surface area contributed by atoms with Crippen LogP contribution in [-0.2, 0) is 9.59 Å². The Hall–Kier alpha value is -2.14. The Morgan fingerprint density at radius 2 is 2.20 bits per heavy atom. The van der Waals surface area contributed by atoms with Crippen molar-refractivity contribution < 1.29 is 14.7 Å². The zero-order valence-corrected chi connectivity index (χ0v) is 11.5. The van der Waals surface area contributed by atoms with Gasteiger partial charge in [0.1, 0.15) is 0 Å². The molecule has 20 heavy (non-hydrogen) atoms. The molecule has 0 aliphatic rings. The highest BCUT2D eigenvalue weighted by Crippen LogP contribution is 2.14. The smallest absolute Gasteiger partial charge is 0.328 e. The van der Waals surface area contributed by atoms with Gasteiger partial charge in [0.05, 0.1) is 0 Å². The molecule has 4 N–H and O–H groups in total. The molecule has 0 aromatic heterocycles.